The first kappa shape index (κ1) is 14.7. The summed E-state index contributed by atoms with van der Waals surface area (Å²) >= 11 is 1.43. The summed E-state index contributed by atoms with van der Waals surface area (Å²) in [6.45, 7) is 0. The summed E-state index contributed by atoms with van der Waals surface area (Å²) in [5.74, 6) is 0.621. The van der Waals surface area contributed by atoms with Gasteiger partial charge in [0.2, 0.25) is 5.43 Å². The molecule has 2 aromatic heterocycles. The highest BCUT2D eigenvalue weighted by Crippen LogP contribution is 2.28. The molecule has 0 amide bonds. The Bertz CT molecular complexity index is 1070. The van der Waals surface area contributed by atoms with Crippen LogP contribution in [-0.4, -0.2) is 12.1 Å². The van der Waals surface area contributed by atoms with Gasteiger partial charge in [0.05, 0.1) is 23.8 Å². The van der Waals surface area contributed by atoms with Gasteiger partial charge in [-0.3, -0.25) is 4.79 Å². The number of nitrogens with zero attached hydrogens (tertiary/aromatic N) is 1. The zero-order chi connectivity index (χ0) is 16.5. The molecule has 24 heavy (non-hydrogen) atoms. The molecule has 0 bridgehead atoms. The maximum Gasteiger partial charge on any atom is 0.203 e. The Balaban J connectivity index is 1.84. The second-order valence-electron chi connectivity index (χ2n) is 5.24. The highest BCUT2D eigenvalue weighted by molar-refractivity contribution is 7.13. The summed E-state index contributed by atoms with van der Waals surface area (Å²) in [5.41, 5.74) is 2.75. The van der Waals surface area contributed by atoms with E-state index in [0.717, 1.165) is 11.3 Å². The van der Waals surface area contributed by atoms with Crippen molar-refractivity contribution in [2.75, 3.05) is 7.11 Å². The van der Waals surface area contributed by atoms with Crippen LogP contribution in [0, 0.1) is 0 Å². The molecule has 0 saturated carbocycles. The molecular formula is C19H13NO3S. The number of fused-ring (bicyclic) bond motifs is 1. The van der Waals surface area contributed by atoms with Crippen molar-refractivity contribution in [1.29, 1.82) is 0 Å². The molecule has 0 aliphatic carbocycles. The van der Waals surface area contributed by atoms with Crippen LogP contribution >= 0.6 is 11.3 Å². The fourth-order valence-corrected chi connectivity index (χ4v) is 3.35. The molecule has 4 nitrogen and oxygen atoms in total. The molecular weight excluding hydrogens is 322 g/mol. The number of ether oxygens (including phenoxy) is 1. The van der Waals surface area contributed by atoms with Gasteiger partial charge in [-0.15, -0.1) is 11.3 Å². The lowest BCUT2D eigenvalue weighted by Crippen LogP contribution is -2.04. The maximum absolute atomic E-state index is 12.8. The number of benzene rings is 2. The number of methoxy groups -OCH3 is 1. The number of rotatable bonds is 3. The predicted octanol–water partition coefficient (Wildman–Crippen LogP) is 4.59. The molecule has 2 aromatic carbocycles. The Kier molecular flexibility index (Phi) is 3.63. The smallest absolute Gasteiger partial charge is 0.203 e. The Morgan fingerprint density at radius 1 is 1.12 bits per heavy atom. The average molecular weight is 335 g/mol. The first-order valence-electron chi connectivity index (χ1n) is 7.37. The van der Waals surface area contributed by atoms with Crippen LogP contribution in [0.2, 0.25) is 0 Å². The molecule has 0 aliphatic rings. The van der Waals surface area contributed by atoms with Crippen molar-refractivity contribution < 1.29 is 9.15 Å². The second-order valence-corrected chi connectivity index (χ2v) is 6.10. The Hall–Kier alpha value is -2.92. The largest absolute Gasteiger partial charge is 0.497 e. The van der Waals surface area contributed by atoms with E-state index in [1.54, 1.807) is 25.3 Å². The van der Waals surface area contributed by atoms with E-state index in [1.807, 2.05) is 35.7 Å². The average Bonchev–Trinajstić information content (AvgIpc) is 3.12. The minimum absolute atomic E-state index is 0.107. The van der Waals surface area contributed by atoms with Crippen LogP contribution in [0.5, 0.6) is 5.75 Å². The third-order valence-corrected chi connectivity index (χ3v) is 4.66. The van der Waals surface area contributed by atoms with Crippen molar-refractivity contribution in [1.82, 2.24) is 4.98 Å². The molecule has 0 aliphatic heterocycles. The van der Waals surface area contributed by atoms with Crippen LogP contribution in [0.3, 0.4) is 0 Å². The predicted molar refractivity (Wildman–Crippen MR) is 95.6 cm³/mol. The Morgan fingerprint density at radius 3 is 2.75 bits per heavy atom. The molecule has 0 atom stereocenters. The van der Waals surface area contributed by atoms with Gasteiger partial charge in [0.15, 0.2) is 0 Å². The van der Waals surface area contributed by atoms with Crippen molar-refractivity contribution in [3.05, 3.63) is 70.4 Å². The lowest BCUT2D eigenvalue weighted by Gasteiger charge is -2.02. The summed E-state index contributed by atoms with van der Waals surface area (Å²) < 4.78 is 10.8. The molecule has 0 saturated heterocycles. The van der Waals surface area contributed by atoms with Gasteiger partial charge >= 0.3 is 0 Å². The van der Waals surface area contributed by atoms with Gasteiger partial charge in [0.25, 0.3) is 0 Å². The third-order valence-electron chi connectivity index (χ3n) is 3.78. The van der Waals surface area contributed by atoms with E-state index >= 15 is 0 Å². The zero-order valence-electron chi connectivity index (χ0n) is 12.9. The van der Waals surface area contributed by atoms with E-state index < -0.39 is 0 Å². The van der Waals surface area contributed by atoms with E-state index in [0.29, 0.717) is 27.3 Å². The van der Waals surface area contributed by atoms with E-state index in [4.69, 9.17) is 9.15 Å². The normalized spacial score (nSPS) is 10.9. The monoisotopic (exact) mass is 335 g/mol. The Morgan fingerprint density at radius 2 is 1.96 bits per heavy atom. The van der Waals surface area contributed by atoms with Gasteiger partial charge in [-0.1, -0.05) is 30.3 Å². The summed E-state index contributed by atoms with van der Waals surface area (Å²) in [6.07, 6.45) is 1.48. The van der Waals surface area contributed by atoms with Gasteiger partial charge in [-0.05, 0) is 18.2 Å². The SMILES string of the molecule is COc1ccc2occ(-c3nc(-c4ccccc4)cs3)c(=O)c2c1. The topological polar surface area (TPSA) is 52.3 Å². The number of hydrogen-bond acceptors (Lipinski definition) is 5. The number of aromatic nitrogens is 1. The minimum Gasteiger partial charge on any atom is -0.497 e. The Labute approximate surface area is 142 Å². The van der Waals surface area contributed by atoms with Crippen LogP contribution in [0.25, 0.3) is 32.8 Å². The fourth-order valence-electron chi connectivity index (χ4n) is 2.52. The summed E-state index contributed by atoms with van der Waals surface area (Å²) in [6, 6.07) is 15.1. The minimum atomic E-state index is -0.107. The molecule has 4 aromatic rings. The maximum atomic E-state index is 12.8. The molecule has 5 heteroatoms. The van der Waals surface area contributed by atoms with Crippen LogP contribution < -0.4 is 10.2 Å². The van der Waals surface area contributed by atoms with Gasteiger partial charge in [0, 0.05) is 10.9 Å². The molecule has 0 N–H and O–H groups in total. The molecule has 0 unspecified atom stereocenters. The standard InChI is InChI=1S/C19H13NO3S/c1-22-13-7-8-17-14(9-13)18(21)15(10-23-17)19-20-16(11-24-19)12-5-3-2-4-6-12/h2-11H,1H3. The van der Waals surface area contributed by atoms with Crippen LogP contribution in [0.1, 0.15) is 0 Å². The van der Waals surface area contributed by atoms with Gasteiger partial charge in [-0.25, -0.2) is 4.98 Å². The lowest BCUT2D eigenvalue weighted by molar-refractivity contribution is 0.415. The van der Waals surface area contributed by atoms with Crippen molar-refractivity contribution in [3.63, 3.8) is 0 Å². The van der Waals surface area contributed by atoms with Gasteiger partial charge < -0.3 is 9.15 Å². The van der Waals surface area contributed by atoms with Crippen molar-refractivity contribution in [2.45, 2.75) is 0 Å². The summed E-state index contributed by atoms with van der Waals surface area (Å²) in [4.78, 5) is 17.4. The number of hydrogen-bond donors (Lipinski definition) is 0. The van der Waals surface area contributed by atoms with Crippen molar-refractivity contribution in [3.8, 4) is 27.6 Å². The fraction of sp³-hybridized carbons (Fsp3) is 0.0526. The third kappa shape index (κ3) is 2.49. The highest BCUT2D eigenvalue weighted by Gasteiger charge is 2.14. The first-order chi connectivity index (χ1) is 11.8. The summed E-state index contributed by atoms with van der Waals surface area (Å²) in [7, 11) is 1.57. The van der Waals surface area contributed by atoms with Crippen molar-refractivity contribution in [2.24, 2.45) is 0 Å². The molecule has 4 rings (SSSR count). The molecule has 118 valence electrons. The van der Waals surface area contributed by atoms with Crippen LogP contribution in [0.15, 0.2) is 69.4 Å². The second kappa shape index (κ2) is 5.94. The van der Waals surface area contributed by atoms with Crippen LogP contribution in [-0.2, 0) is 0 Å². The zero-order valence-corrected chi connectivity index (χ0v) is 13.7. The lowest BCUT2D eigenvalue weighted by atomic mass is 10.1. The quantitative estimate of drug-likeness (QED) is 0.549. The summed E-state index contributed by atoms with van der Waals surface area (Å²) in [5, 5.41) is 3.08. The van der Waals surface area contributed by atoms with E-state index in [-0.39, 0.29) is 5.43 Å². The molecule has 2 heterocycles. The van der Waals surface area contributed by atoms with Crippen LogP contribution in [0.4, 0.5) is 0 Å². The molecule has 0 radical (unpaired) electrons. The van der Waals surface area contributed by atoms with E-state index in [1.165, 1.54) is 17.6 Å². The van der Waals surface area contributed by atoms with E-state index in [2.05, 4.69) is 4.98 Å². The van der Waals surface area contributed by atoms with Gasteiger partial charge in [0.1, 0.15) is 22.6 Å². The molecule has 0 spiro atoms. The molecule has 0 fully saturated rings. The first-order valence-corrected chi connectivity index (χ1v) is 8.25. The van der Waals surface area contributed by atoms with E-state index in [9.17, 15) is 4.79 Å². The highest BCUT2D eigenvalue weighted by atomic mass is 32.1. The van der Waals surface area contributed by atoms with Crippen molar-refractivity contribution >= 4 is 22.3 Å². The van der Waals surface area contributed by atoms with Gasteiger partial charge in [-0.2, -0.15) is 0 Å². The number of thiazole rings is 1.